The van der Waals surface area contributed by atoms with Gasteiger partial charge in [-0.25, -0.2) is 4.79 Å². The zero-order valence-corrected chi connectivity index (χ0v) is 20.2. The molecule has 1 saturated heterocycles. The molecule has 2 atom stereocenters. The van der Waals surface area contributed by atoms with Gasteiger partial charge in [-0.2, -0.15) is 0 Å². The number of likely N-dealkylation sites (N-methyl/N-ethyl adjacent to an activating group) is 1. The standard InChI is InChI=1S/C13H18NO3S.C11H15NO2/c1-10(15)17-11-5-6-14(2,8-11)9-12(16)13-4-3-7-18-13;1-11(2,3)14-10(13)12-9-7-5-4-6-8-9/h3-4,7,11H,5-6,8-9H2,1-2H3;4-8H,1-3H3,(H,12,13)/q+1;/t11-,14?;/m1./s1. The predicted octanol–water partition coefficient (Wildman–Crippen LogP) is 4.75. The topological polar surface area (TPSA) is 81.7 Å². The van der Waals surface area contributed by atoms with Gasteiger partial charge in [0.05, 0.1) is 18.5 Å². The third-order valence-electron chi connectivity index (χ3n) is 4.71. The molecule has 1 amide bonds. The second-order valence-electron chi connectivity index (χ2n) is 9.10. The highest BCUT2D eigenvalue weighted by Crippen LogP contribution is 2.21. The minimum atomic E-state index is -0.459. The quantitative estimate of drug-likeness (QED) is 0.395. The van der Waals surface area contributed by atoms with Gasteiger partial charge in [-0.05, 0) is 44.4 Å². The Balaban J connectivity index is 0.000000235. The van der Waals surface area contributed by atoms with Crippen LogP contribution in [-0.4, -0.2) is 60.7 Å². The third-order valence-corrected chi connectivity index (χ3v) is 5.62. The summed E-state index contributed by atoms with van der Waals surface area (Å²) < 4.78 is 11.0. The molecule has 1 aromatic heterocycles. The Kier molecular flexibility index (Phi) is 8.98. The van der Waals surface area contributed by atoms with Crippen molar-refractivity contribution in [3.63, 3.8) is 0 Å². The van der Waals surface area contributed by atoms with Gasteiger partial charge in [0, 0.05) is 19.0 Å². The summed E-state index contributed by atoms with van der Waals surface area (Å²) in [6, 6.07) is 13.0. The van der Waals surface area contributed by atoms with Crippen LogP contribution in [0, 0.1) is 0 Å². The van der Waals surface area contributed by atoms with Crippen molar-refractivity contribution in [3.05, 3.63) is 52.7 Å². The molecule has 8 heteroatoms. The van der Waals surface area contributed by atoms with Crippen LogP contribution in [0.15, 0.2) is 47.8 Å². The zero-order valence-electron chi connectivity index (χ0n) is 19.4. The lowest BCUT2D eigenvalue weighted by molar-refractivity contribution is -0.890. The zero-order chi connectivity index (χ0) is 23.8. The van der Waals surface area contributed by atoms with Crippen LogP contribution in [0.3, 0.4) is 0 Å². The Bertz CT molecular complexity index is 893. The summed E-state index contributed by atoms with van der Waals surface area (Å²) in [5.74, 6) is -0.0611. The highest BCUT2D eigenvalue weighted by atomic mass is 32.1. The molecule has 1 fully saturated rings. The molecule has 0 saturated carbocycles. The van der Waals surface area contributed by atoms with Gasteiger partial charge in [0.15, 0.2) is 6.10 Å². The summed E-state index contributed by atoms with van der Waals surface area (Å²) in [7, 11) is 2.05. The molecule has 0 spiro atoms. The van der Waals surface area contributed by atoms with Gasteiger partial charge < -0.3 is 14.0 Å². The number of nitrogens with zero attached hydrogens (tertiary/aromatic N) is 1. The molecular weight excluding hydrogens is 428 g/mol. The second-order valence-corrected chi connectivity index (χ2v) is 10.0. The number of amides is 1. The number of para-hydroxylation sites is 1. The van der Waals surface area contributed by atoms with E-state index < -0.39 is 11.7 Å². The molecule has 1 unspecified atom stereocenters. The number of anilines is 1. The number of ether oxygens (including phenoxy) is 2. The molecule has 0 radical (unpaired) electrons. The fourth-order valence-corrected chi connectivity index (χ4v) is 4.07. The SMILES string of the molecule is CC(=O)O[C@@H]1CC[N+](C)(CC(=O)c2cccs2)C1.CC(C)(C)OC(=O)Nc1ccccc1. The van der Waals surface area contributed by atoms with E-state index in [2.05, 4.69) is 12.4 Å². The smallest absolute Gasteiger partial charge is 0.412 e. The van der Waals surface area contributed by atoms with E-state index in [0.717, 1.165) is 30.1 Å². The van der Waals surface area contributed by atoms with E-state index in [1.165, 1.54) is 18.3 Å². The van der Waals surface area contributed by atoms with E-state index in [9.17, 15) is 14.4 Å². The summed E-state index contributed by atoms with van der Waals surface area (Å²) in [6.45, 7) is 9.02. The normalized spacial score (nSPS) is 20.0. The van der Waals surface area contributed by atoms with E-state index in [1.807, 2.05) is 68.6 Å². The average molecular weight is 462 g/mol. The third kappa shape index (κ3) is 9.20. The fraction of sp³-hybridized carbons (Fsp3) is 0.458. The van der Waals surface area contributed by atoms with E-state index in [-0.39, 0.29) is 17.9 Å². The Morgan fingerprint density at radius 2 is 1.81 bits per heavy atom. The minimum absolute atomic E-state index is 0.0383. The van der Waals surface area contributed by atoms with Gasteiger partial charge in [-0.1, -0.05) is 24.3 Å². The Hall–Kier alpha value is -2.71. The van der Waals surface area contributed by atoms with E-state index in [0.29, 0.717) is 11.0 Å². The Morgan fingerprint density at radius 3 is 2.38 bits per heavy atom. The molecule has 2 aromatic rings. The number of nitrogens with one attached hydrogen (secondary N) is 1. The van der Waals surface area contributed by atoms with Crippen LogP contribution in [0.25, 0.3) is 0 Å². The Labute approximate surface area is 193 Å². The van der Waals surface area contributed by atoms with Gasteiger partial charge in [-0.3, -0.25) is 14.9 Å². The first-order valence-electron chi connectivity index (χ1n) is 10.6. The van der Waals surface area contributed by atoms with Crippen LogP contribution in [0.5, 0.6) is 0 Å². The molecule has 1 aliphatic rings. The summed E-state index contributed by atoms with van der Waals surface area (Å²) in [4.78, 5) is 35.1. The molecule has 0 bridgehead atoms. The molecule has 174 valence electrons. The van der Waals surface area contributed by atoms with Crippen LogP contribution in [0.2, 0.25) is 0 Å². The van der Waals surface area contributed by atoms with Crippen molar-refractivity contribution in [3.8, 4) is 0 Å². The number of carbonyl (C=O) groups excluding carboxylic acids is 3. The molecule has 1 N–H and O–H groups in total. The lowest BCUT2D eigenvalue weighted by Gasteiger charge is -2.28. The van der Waals surface area contributed by atoms with Crippen molar-refractivity contribution in [1.29, 1.82) is 0 Å². The number of quaternary nitrogens is 1. The number of rotatable bonds is 5. The number of esters is 1. The number of ketones is 1. The highest BCUT2D eigenvalue weighted by Gasteiger charge is 2.38. The van der Waals surface area contributed by atoms with Crippen LogP contribution < -0.4 is 5.32 Å². The van der Waals surface area contributed by atoms with Crippen molar-refractivity contribution in [2.75, 3.05) is 32.0 Å². The second kappa shape index (κ2) is 11.2. The largest absolute Gasteiger partial charge is 0.456 e. The first-order valence-corrected chi connectivity index (χ1v) is 11.5. The maximum atomic E-state index is 12.1. The average Bonchev–Trinajstić information content (AvgIpc) is 3.31. The van der Waals surface area contributed by atoms with E-state index in [4.69, 9.17) is 9.47 Å². The van der Waals surface area contributed by atoms with Gasteiger partial charge in [0.25, 0.3) is 0 Å². The molecular formula is C24H33N2O5S+. The molecule has 1 aromatic carbocycles. The highest BCUT2D eigenvalue weighted by molar-refractivity contribution is 7.12. The van der Waals surface area contributed by atoms with Crippen LogP contribution in [0.4, 0.5) is 10.5 Å². The van der Waals surface area contributed by atoms with E-state index in [1.54, 1.807) is 0 Å². The fourth-order valence-electron chi connectivity index (χ4n) is 3.41. The molecule has 32 heavy (non-hydrogen) atoms. The van der Waals surface area contributed by atoms with Gasteiger partial charge >= 0.3 is 12.1 Å². The summed E-state index contributed by atoms with van der Waals surface area (Å²) in [5.41, 5.74) is 0.278. The lowest BCUT2D eigenvalue weighted by Crippen LogP contribution is -2.46. The van der Waals surface area contributed by atoms with Crippen molar-refractivity contribution in [2.45, 2.75) is 45.8 Å². The molecule has 0 aliphatic carbocycles. The summed E-state index contributed by atoms with van der Waals surface area (Å²) >= 11 is 1.48. The van der Waals surface area contributed by atoms with Crippen LogP contribution >= 0.6 is 11.3 Å². The molecule has 1 aliphatic heterocycles. The summed E-state index contributed by atoms with van der Waals surface area (Å²) in [6.07, 6.45) is 0.376. The number of hydrogen-bond donors (Lipinski definition) is 1. The number of benzene rings is 1. The number of hydrogen-bond acceptors (Lipinski definition) is 6. The minimum Gasteiger partial charge on any atom is -0.456 e. The Morgan fingerprint density at radius 1 is 1.12 bits per heavy atom. The first-order chi connectivity index (χ1) is 15.0. The predicted molar refractivity (Wildman–Crippen MR) is 126 cm³/mol. The number of carbonyl (C=O) groups is 3. The molecule has 3 rings (SSSR count). The van der Waals surface area contributed by atoms with Crippen LogP contribution in [-0.2, 0) is 14.3 Å². The van der Waals surface area contributed by atoms with Gasteiger partial charge in [-0.15, -0.1) is 11.3 Å². The lowest BCUT2D eigenvalue weighted by atomic mass is 10.2. The van der Waals surface area contributed by atoms with Gasteiger partial charge in [0.2, 0.25) is 5.78 Å². The van der Waals surface area contributed by atoms with Gasteiger partial charge in [0.1, 0.15) is 18.7 Å². The first kappa shape index (κ1) is 25.5. The number of Topliss-reactive ketones (excluding diaryl/α,β-unsaturated/α-hetero) is 1. The monoisotopic (exact) mass is 461 g/mol. The van der Waals surface area contributed by atoms with Crippen molar-refractivity contribution >= 4 is 34.9 Å². The van der Waals surface area contributed by atoms with Crippen molar-refractivity contribution in [2.24, 2.45) is 0 Å². The maximum absolute atomic E-state index is 12.1. The van der Waals surface area contributed by atoms with E-state index >= 15 is 0 Å². The maximum Gasteiger partial charge on any atom is 0.412 e. The molecule has 7 nitrogen and oxygen atoms in total. The number of thiophene rings is 1. The van der Waals surface area contributed by atoms with Crippen molar-refractivity contribution in [1.82, 2.24) is 0 Å². The molecule has 2 heterocycles. The number of likely N-dealkylation sites (tertiary alicyclic amines) is 1. The summed E-state index contributed by atoms with van der Waals surface area (Å²) in [5, 5.41) is 4.55. The van der Waals surface area contributed by atoms with Crippen molar-refractivity contribution < 1.29 is 28.3 Å². The van der Waals surface area contributed by atoms with Crippen LogP contribution in [0.1, 0.15) is 43.8 Å².